The second-order valence-corrected chi connectivity index (χ2v) is 9.24. The molecule has 1 N–H and O–H groups in total. The van der Waals surface area contributed by atoms with Crippen molar-refractivity contribution in [3.8, 4) is 5.69 Å². The zero-order chi connectivity index (χ0) is 23.6. The molecule has 0 bridgehead atoms. The molecule has 3 aromatic rings. The first kappa shape index (κ1) is 23.3. The highest BCUT2D eigenvalue weighted by atomic mass is 32.2. The lowest BCUT2D eigenvalue weighted by Crippen LogP contribution is -2.47. The van der Waals surface area contributed by atoms with Crippen LogP contribution < -0.4 is 15.2 Å². The zero-order valence-corrected chi connectivity index (χ0v) is 19.1. The van der Waals surface area contributed by atoms with E-state index in [1.54, 1.807) is 49.8 Å². The van der Waals surface area contributed by atoms with E-state index in [2.05, 4.69) is 5.32 Å². The summed E-state index contributed by atoms with van der Waals surface area (Å²) in [4.78, 5) is 26.3. The minimum absolute atomic E-state index is 0.0624. The van der Waals surface area contributed by atoms with E-state index in [9.17, 15) is 22.4 Å². The first-order valence-corrected chi connectivity index (χ1v) is 11.8. The van der Waals surface area contributed by atoms with E-state index in [1.165, 1.54) is 16.8 Å². The van der Waals surface area contributed by atoms with Crippen LogP contribution in [0.1, 0.15) is 19.0 Å². The van der Waals surface area contributed by atoms with Gasteiger partial charge < -0.3 is 5.32 Å². The van der Waals surface area contributed by atoms with Gasteiger partial charge in [0, 0.05) is 7.05 Å². The number of carbonyl (C=O) groups excluding carboxylic acids is 1. The van der Waals surface area contributed by atoms with E-state index in [0.29, 0.717) is 11.4 Å². The van der Waals surface area contributed by atoms with Gasteiger partial charge in [-0.2, -0.15) is 0 Å². The molecule has 10 heteroatoms. The van der Waals surface area contributed by atoms with Crippen LogP contribution in [0.15, 0.2) is 59.4 Å². The topological polar surface area (TPSA) is 93.4 Å². The van der Waals surface area contributed by atoms with Crippen molar-refractivity contribution in [3.63, 3.8) is 0 Å². The average molecular weight is 461 g/mol. The molecule has 1 heterocycles. The van der Waals surface area contributed by atoms with Crippen molar-refractivity contribution in [3.05, 3.63) is 76.5 Å². The number of anilines is 2. The van der Waals surface area contributed by atoms with Gasteiger partial charge in [-0.3, -0.25) is 18.6 Å². The highest BCUT2D eigenvalue weighted by Crippen LogP contribution is 2.24. The Kier molecular flexibility index (Phi) is 6.54. The van der Waals surface area contributed by atoms with Gasteiger partial charge in [0.15, 0.2) is 0 Å². The van der Waals surface area contributed by atoms with Crippen molar-refractivity contribution in [1.29, 1.82) is 0 Å². The number of aromatic nitrogens is 2. The van der Waals surface area contributed by atoms with Crippen LogP contribution in [-0.4, -0.2) is 36.0 Å². The van der Waals surface area contributed by atoms with Gasteiger partial charge in [-0.05, 0) is 49.7 Å². The largest absolute Gasteiger partial charge is 0.318 e. The Morgan fingerprint density at radius 2 is 1.72 bits per heavy atom. The monoisotopic (exact) mass is 460 g/mol. The molecule has 0 aliphatic rings. The molecule has 3 rings (SSSR count). The van der Waals surface area contributed by atoms with Gasteiger partial charge in [-0.25, -0.2) is 17.5 Å². The lowest BCUT2D eigenvalue weighted by molar-refractivity contribution is -0.117. The Morgan fingerprint density at radius 1 is 1.12 bits per heavy atom. The van der Waals surface area contributed by atoms with Gasteiger partial charge in [0.25, 0.3) is 5.56 Å². The molecule has 0 unspecified atom stereocenters. The van der Waals surface area contributed by atoms with Crippen LogP contribution in [0.25, 0.3) is 5.69 Å². The molecule has 0 saturated heterocycles. The molecule has 0 fully saturated rings. The zero-order valence-electron chi connectivity index (χ0n) is 18.2. The summed E-state index contributed by atoms with van der Waals surface area (Å²) in [7, 11) is -2.19. The molecule has 0 spiro atoms. The Hall–Kier alpha value is -3.40. The minimum atomic E-state index is -3.88. The van der Waals surface area contributed by atoms with Crippen LogP contribution in [0.2, 0.25) is 0 Å². The molecule has 1 aromatic heterocycles. The van der Waals surface area contributed by atoms with E-state index in [1.807, 2.05) is 6.07 Å². The van der Waals surface area contributed by atoms with Crippen LogP contribution in [0.5, 0.6) is 0 Å². The molecule has 1 atom stereocenters. The Morgan fingerprint density at radius 3 is 2.25 bits per heavy atom. The first-order valence-electron chi connectivity index (χ1n) is 9.96. The van der Waals surface area contributed by atoms with E-state index in [4.69, 9.17) is 0 Å². The summed E-state index contributed by atoms with van der Waals surface area (Å²) < 4.78 is 42.4. The fraction of sp³-hybridized carbons (Fsp3) is 0.273. The summed E-state index contributed by atoms with van der Waals surface area (Å²) >= 11 is 0. The van der Waals surface area contributed by atoms with Crippen molar-refractivity contribution in [1.82, 2.24) is 9.36 Å². The number of carbonyl (C=O) groups is 1. The lowest BCUT2D eigenvalue weighted by atomic mass is 10.2. The number of hydrogen-bond acceptors (Lipinski definition) is 4. The maximum absolute atomic E-state index is 13.4. The summed E-state index contributed by atoms with van der Waals surface area (Å²) in [5.41, 5.74) is 0.913. The van der Waals surface area contributed by atoms with Gasteiger partial charge in [-0.15, -0.1) is 0 Å². The third kappa shape index (κ3) is 4.45. The molecular weight excluding hydrogens is 435 g/mol. The van der Waals surface area contributed by atoms with Gasteiger partial charge >= 0.3 is 0 Å². The smallest absolute Gasteiger partial charge is 0.295 e. The van der Waals surface area contributed by atoms with Crippen molar-refractivity contribution in [2.45, 2.75) is 26.3 Å². The molecular formula is C22H25FN4O4S. The molecule has 0 aliphatic heterocycles. The molecule has 0 aliphatic carbocycles. The average Bonchev–Trinajstić information content (AvgIpc) is 2.95. The Balaban J connectivity index is 2.01. The maximum atomic E-state index is 13.4. The summed E-state index contributed by atoms with van der Waals surface area (Å²) in [6.07, 6.45) is 1.11. The van der Waals surface area contributed by atoms with Crippen molar-refractivity contribution >= 4 is 27.3 Å². The maximum Gasteiger partial charge on any atom is 0.295 e. The Labute approximate surface area is 185 Å². The number of halogens is 1. The van der Waals surface area contributed by atoms with Gasteiger partial charge in [0.05, 0.1) is 23.3 Å². The van der Waals surface area contributed by atoms with Gasteiger partial charge in [0.1, 0.15) is 17.5 Å². The Bertz CT molecular complexity index is 1280. The van der Waals surface area contributed by atoms with E-state index in [0.717, 1.165) is 22.7 Å². The third-order valence-corrected chi connectivity index (χ3v) is 6.39. The number of rotatable bonds is 7. The number of nitrogens with zero attached hydrogens (tertiary/aromatic N) is 3. The predicted molar refractivity (Wildman–Crippen MR) is 122 cm³/mol. The van der Waals surface area contributed by atoms with E-state index >= 15 is 0 Å². The van der Waals surface area contributed by atoms with E-state index < -0.39 is 33.3 Å². The van der Waals surface area contributed by atoms with E-state index in [-0.39, 0.29) is 17.8 Å². The van der Waals surface area contributed by atoms with Crippen molar-refractivity contribution < 1.29 is 17.6 Å². The third-order valence-electron chi connectivity index (χ3n) is 5.21. The van der Waals surface area contributed by atoms with Crippen LogP contribution in [0, 0.1) is 12.7 Å². The molecule has 0 saturated carbocycles. The second-order valence-electron chi connectivity index (χ2n) is 7.39. The summed E-state index contributed by atoms with van der Waals surface area (Å²) in [5.74, 6) is -1.19. The summed E-state index contributed by atoms with van der Waals surface area (Å²) in [5, 5.41) is 2.62. The molecule has 170 valence electrons. The minimum Gasteiger partial charge on any atom is -0.318 e. The van der Waals surface area contributed by atoms with Gasteiger partial charge in [-0.1, -0.05) is 25.1 Å². The number of sulfonamides is 1. The van der Waals surface area contributed by atoms with Crippen LogP contribution in [0.4, 0.5) is 15.8 Å². The highest BCUT2D eigenvalue weighted by Gasteiger charge is 2.32. The second kappa shape index (κ2) is 8.99. The first-order chi connectivity index (χ1) is 15.1. The SMILES string of the molecule is CC[C@@H](C(=O)Nc1c(C)n(C)n(-c2ccccc2)c1=O)N(c1ccc(F)cc1)S(C)(=O)=O. The molecule has 8 nitrogen and oxygen atoms in total. The standard InChI is InChI=1S/C22H25FN4O4S/c1-5-19(27(32(4,30)31)18-13-11-16(23)12-14-18)21(28)24-20-15(2)25(3)26(22(20)29)17-9-7-6-8-10-17/h6-14,19H,5H2,1-4H3,(H,24,28)/t19-/m0/s1. The summed E-state index contributed by atoms with van der Waals surface area (Å²) in [6, 6.07) is 12.6. The van der Waals surface area contributed by atoms with Crippen LogP contribution in [0.3, 0.4) is 0 Å². The number of para-hydroxylation sites is 1. The molecule has 32 heavy (non-hydrogen) atoms. The molecule has 1 amide bonds. The van der Waals surface area contributed by atoms with Crippen LogP contribution in [-0.2, 0) is 21.9 Å². The fourth-order valence-corrected chi connectivity index (χ4v) is 4.78. The number of hydrogen-bond donors (Lipinski definition) is 1. The molecule has 0 radical (unpaired) electrons. The van der Waals surface area contributed by atoms with Crippen molar-refractivity contribution in [2.75, 3.05) is 15.9 Å². The van der Waals surface area contributed by atoms with Crippen molar-refractivity contribution in [2.24, 2.45) is 7.05 Å². The number of benzene rings is 2. The van der Waals surface area contributed by atoms with Crippen LogP contribution >= 0.6 is 0 Å². The fourth-order valence-electron chi connectivity index (χ4n) is 3.57. The lowest BCUT2D eigenvalue weighted by Gasteiger charge is -2.30. The molecule has 2 aromatic carbocycles. The predicted octanol–water partition coefficient (Wildman–Crippen LogP) is 2.81. The highest BCUT2D eigenvalue weighted by molar-refractivity contribution is 7.92. The van der Waals surface area contributed by atoms with Gasteiger partial charge in [0.2, 0.25) is 15.9 Å². The number of amides is 1. The normalized spacial score (nSPS) is 12.4. The summed E-state index contributed by atoms with van der Waals surface area (Å²) in [6.45, 7) is 3.35. The number of nitrogens with one attached hydrogen (secondary N) is 1. The quantitative estimate of drug-likeness (QED) is 0.587.